The van der Waals surface area contributed by atoms with Crippen molar-refractivity contribution in [3.05, 3.63) is 56.6 Å². The Morgan fingerprint density at radius 3 is 2.94 bits per heavy atom. The largest absolute Gasteiger partial charge is 0.388 e. The van der Waals surface area contributed by atoms with Gasteiger partial charge in [0.25, 0.3) is 5.69 Å². The van der Waals surface area contributed by atoms with Gasteiger partial charge in [0, 0.05) is 28.5 Å². The number of nitrogens with zero attached hydrogens (tertiary/aromatic N) is 3. The fraction of sp³-hybridized carbons (Fsp3) is 0.182. The van der Waals surface area contributed by atoms with Gasteiger partial charge in [-0.3, -0.25) is 10.1 Å². The molecule has 2 rings (SSSR count). The summed E-state index contributed by atoms with van der Waals surface area (Å²) < 4.78 is 2.34. The van der Waals surface area contributed by atoms with Gasteiger partial charge in [-0.05, 0) is 12.1 Å². The van der Waals surface area contributed by atoms with Crippen molar-refractivity contribution >= 4 is 21.6 Å². The van der Waals surface area contributed by atoms with Crippen LogP contribution < -0.4 is 0 Å². The molecular weight excluding hydrogens is 302 g/mol. The summed E-state index contributed by atoms with van der Waals surface area (Å²) in [6.07, 6.45) is 3.23. The van der Waals surface area contributed by atoms with E-state index in [1.165, 1.54) is 6.07 Å². The SMILES string of the molecule is O=[N+]([O-])c1cc(Br)ccc1Cn1ccnc1CO. The lowest BCUT2D eigenvalue weighted by Crippen LogP contribution is -2.06. The highest BCUT2D eigenvalue weighted by Crippen LogP contribution is 2.24. The lowest BCUT2D eigenvalue weighted by molar-refractivity contribution is -0.385. The molecule has 2 aromatic rings. The number of hydrogen-bond donors (Lipinski definition) is 1. The minimum Gasteiger partial charge on any atom is -0.388 e. The van der Waals surface area contributed by atoms with Crippen LogP contribution in [0, 0.1) is 10.1 Å². The molecule has 0 bridgehead atoms. The van der Waals surface area contributed by atoms with Gasteiger partial charge in [0.05, 0.1) is 11.5 Å². The Kier molecular flexibility index (Phi) is 3.73. The second kappa shape index (κ2) is 5.28. The van der Waals surface area contributed by atoms with Gasteiger partial charge < -0.3 is 9.67 Å². The summed E-state index contributed by atoms with van der Waals surface area (Å²) in [6.45, 7) is 0.108. The quantitative estimate of drug-likeness (QED) is 0.692. The normalized spacial score (nSPS) is 10.6. The zero-order valence-electron chi connectivity index (χ0n) is 9.28. The van der Waals surface area contributed by atoms with Crippen molar-refractivity contribution in [3.63, 3.8) is 0 Å². The van der Waals surface area contributed by atoms with E-state index in [0.29, 0.717) is 22.4 Å². The van der Waals surface area contributed by atoms with Crippen molar-refractivity contribution in [2.24, 2.45) is 0 Å². The van der Waals surface area contributed by atoms with Gasteiger partial charge in [-0.25, -0.2) is 4.98 Å². The molecule has 1 N–H and O–H groups in total. The van der Waals surface area contributed by atoms with Crippen molar-refractivity contribution < 1.29 is 10.0 Å². The van der Waals surface area contributed by atoms with Crippen LogP contribution in [0.2, 0.25) is 0 Å². The van der Waals surface area contributed by atoms with E-state index in [0.717, 1.165) is 0 Å². The molecule has 0 aliphatic carbocycles. The van der Waals surface area contributed by atoms with E-state index in [2.05, 4.69) is 20.9 Å². The Bertz CT molecular complexity index is 583. The van der Waals surface area contributed by atoms with E-state index < -0.39 is 4.92 Å². The van der Waals surface area contributed by atoms with Crippen LogP contribution in [0.15, 0.2) is 35.1 Å². The summed E-state index contributed by atoms with van der Waals surface area (Å²) in [5.74, 6) is 0.479. The monoisotopic (exact) mass is 311 g/mol. The first kappa shape index (κ1) is 12.7. The molecule has 0 spiro atoms. The fourth-order valence-electron chi connectivity index (χ4n) is 1.66. The predicted octanol–water partition coefficient (Wildman–Crippen LogP) is 2.09. The highest BCUT2D eigenvalue weighted by atomic mass is 79.9. The first-order chi connectivity index (χ1) is 8.61. The van der Waals surface area contributed by atoms with Crippen LogP contribution in [0.25, 0.3) is 0 Å². The van der Waals surface area contributed by atoms with Crippen molar-refractivity contribution in [1.29, 1.82) is 0 Å². The third-order valence-corrected chi connectivity index (χ3v) is 3.02. The molecule has 1 aromatic carbocycles. The number of aliphatic hydroxyl groups excluding tert-OH is 1. The van der Waals surface area contributed by atoms with Crippen LogP contribution in [0.1, 0.15) is 11.4 Å². The van der Waals surface area contributed by atoms with Crippen molar-refractivity contribution in [2.75, 3.05) is 0 Å². The maximum absolute atomic E-state index is 11.0. The van der Waals surface area contributed by atoms with E-state index in [1.54, 1.807) is 29.1 Å². The minimum absolute atomic E-state index is 0.0435. The van der Waals surface area contributed by atoms with Crippen LogP contribution >= 0.6 is 15.9 Å². The zero-order valence-corrected chi connectivity index (χ0v) is 10.9. The molecule has 0 unspecified atom stereocenters. The number of hydrogen-bond acceptors (Lipinski definition) is 4. The van der Waals surface area contributed by atoms with Gasteiger partial charge in [-0.15, -0.1) is 0 Å². The van der Waals surface area contributed by atoms with Gasteiger partial charge in [-0.1, -0.05) is 15.9 Å². The molecule has 0 amide bonds. The van der Waals surface area contributed by atoms with Crippen LogP contribution in [-0.4, -0.2) is 19.6 Å². The number of nitro groups is 1. The zero-order chi connectivity index (χ0) is 13.1. The summed E-state index contributed by atoms with van der Waals surface area (Å²) in [5.41, 5.74) is 0.609. The van der Waals surface area contributed by atoms with E-state index >= 15 is 0 Å². The van der Waals surface area contributed by atoms with E-state index in [9.17, 15) is 10.1 Å². The molecule has 94 valence electrons. The first-order valence-corrected chi connectivity index (χ1v) is 5.95. The molecular formula is C11H10BrN3O3. The Morgan fingerprint density at radius 1 is 1.50 bits per heavy atom. The Balaban J connectivity index is 2.37. The van der Waals surface area contributed by atoms with Gasteiger partial charge in [0.15, 0.2) is 0 Å². The van der Waals surface area contributed by atoms with Gasteiger partial charge in [0.2, 0.25) is 0 Å². The number of halogens is 1. The van der Waals surface area contributed by atoms with Crippen molar-refractivity contribution in [1.82, 2.24) is 9.55 Å². The Hall–Kier alpha value is -1.73. The summed E-state index contributed by atoms with van der Waals surface area (Å²) in [7, 11) is 0. The van der Waals surface area contributed by atoms with Crippen LogP contribution in [-0.2, 0) is 13.2 Å². The number of nitro benzene ring substituents is 1. The number of aliphatic hydroxyl groups is 1. The molecule has 1 aromatic heterocycles. The average Bonchev–Trinajstić information content (AvgIpc) is 2.78. The molecule has 7 heteroatoms. The summed E-state index contributed by atoms with van der Waals surface area (Å²) in [4.78, 5) is 14.5. The molecule has 0 aliphatic heterocycles. The van der Waals surface area contributed by atoms with Gasteiger partial charge in [-0.2, -0.15) is 0 Å². The molecule has 1 heterocycles. The number of benzene rings is 1. The number of imidazole rings is 1. The molecule has 0 atom stereocenters. The smallest absolute Gasteiger partial charge is 0.275 e. The second-order valence-corrected chi connectivity index (χ2v) is 4.58. The standard InChI is InChI=1S/C11H10BrN3O3/c12-9-2-1-8(10(5-9)15(17)18)6-14-4-3-13-11(14)7-16/h1-5,16H,6-7H2. The third kappa shape index (κ3) is 2.57. The molecule has 6 nitrogen and oxygen atoms in total. The first-order valence-electron chi connectivity index (χ1n) is 5.15. The average molecular weight is 312 g/mol. The third-order valence-electron chi connectivity index (χ3n) is 2.53. The molecule has 0 radical (unpaired) electrons. The molecule has 0 aliphatic rings. The highest BCUT2D eigenvalue weighted by molar-refractivity contribution is 9.10. The fourth-order valence-corrected chi connectivity index (χ4v) is 2.01. The summed E-state index contributed by atoms with van der Waals surface area (Å²) >= 11 is 3.21. The predicted molar refractivity (Wildman–Crippen MR) is 68.0 cm³/mol. The molecule has 0 saturated heterocycles. The Morgan fingerprint density at radius 2 is 2.28 bits per heavy atom. The van der Waals surface area contributed by atoms with Crippen LogP contribution in [0.3, 0.4) is 0 Å². The van der Waals surface area contributed by atoms with E-state index in [-0.39, 0.29) is 12.3 Å². The van der Waals surface area contributed by atoms with Crippen LogP contribution in [0.4, 0.5) is 5.69 Å². The summed E-state index contributed by atoms with van der Waals surface area (Å²) in [5, 5.41) is 20.1. The highest BCUT2D eigenvalue weighted by Gasteiger charge is 2.15. The molecule has 0 fully saturated rings. The van der Waals surface area contributed by atoms with Crippen LogP contribution in [0.5, 0.6) is 0 Å². The topological polar surface area (TPSA) is 81.2 Å². The van der Waals surface area contributed by atoms with Gasteiger partial charge in [0.1, 0.15) is 12.4 Å². The van der Waals surface area contributed by atoms with Crippen molar-refractivity contribution in [2.45, 2.75) is 13.2 Å². The van der Waals surface area contributed by atoms with Crippen molar-refractivity contribution in [3.8, 4) is 0 Å². The maximum Gasteiger partial charge on any atom is 0.275 e. The molecule has 0 saturated carbocycles. The summed E-state index contributed by atoms with van der Waals surface area (Å²) in [6, 6.07) is 4.89. The lowest BCUT2D eigenvalue weighted by Gasteiger charge is -2.07. The number of rotatable bonds is 4. The second-order valence-electron chi connectivity index (χ2n) is 3.66. The minimum atomic E-state index is -0.421. The van der Waals surface area contributed by atoms with Gasteiger partial charge >= 0.3 is 0 Å². The van der Waals surface area contributed by atoms with E-state index in [1.807, 2.05) is 0 Å². The lowest BCUT2D eigenvalue weighted by atomic mass is 10.2. The van der Waals surface area contributed by atoms with E-state index in [4.69, 9.17) is 5.11 Å². The number of aromatic nitrogens is 2. The maximum atomic E-state index is 11.0. The Labute approximate surface area is 111 Å². The molecule has 18 heavy (non-hydrogen) atoms.